The number of nitrogens with zero attached hydrogens (tertiary/aromatic N) is 3. The van der Waals surface area contributed by atoms with Crippen LogP contribution >= 0.6 is 0 Å². The van der Waals surface area contributed by atoms with Crippen LogP contribution in [0.1, 0.15) is 31.7 Å². The van der Waals surface area contributed by atoms with Crippen LogP contribution in [0.5, 0.6) is 0 Å². The lowest BCUT2D eigenvalue weighted by molar-refractivity contribution is -0.138. The minimum absolute atomic E-state index is 0.0511. The maximum atomic E-state index is 12.3. The van der Waals surface area contributed by atoms with E-state index in [0.29, 0.717) is 6.42 Å². The van der Waals surface area contributed by atoms with Gasteiger partial charge < -0.3 is 15.2 Å². The molecule has 0 radical (unpaired) electrons. The molecule has 1 amide bonds. The number of amides is 1. The maximum absolute atomic E-state index is 12.3. The van der Waals surface area contributed by atoms with E-state index in [4.69, 9.17) is 10.3 Å². The smallest absolute Gasteiger partial charge is 0.242 e. The largest absolute Gasteiger partial charge is 0.360 e. The van der Waals surface area contributed by atoms with Crippen LogP contribution in [0.4, 0.5) is 0 Å². The van der Waals surface area contributed by atoms with E-state index in [1.165, 1.54) is 0 Å². The zero-order valence-electron chi connectivity index (χ0n) is 12.6. The molecule has 1 unspecified atom stereocenters. The quantitative estimate of drug-likeness (QED) is 0.881. The highest BCUT2D eigenvalue weighted by molar-refractivity contribution is 5.85. The number of hydrogen-bond donors (Lipinski definition) is 1. The lowest BCUT2D eigenvalue weighted by atomic mass is 9.98. The molecule has 0 bridgehead atoms. The van der Waals surface area contributed by atoms with E-state index < -0.39 is 5.54 Å². The summed E-state index contributed by atoms with van der Waals surface area (Å²) in [6, 6.07) is 1.95. The molecule has 2 N–H and O–H groups in total. The Labute approximate surface area is 119 Å². The van der Waals surface area contributed by atoms with Gasteiger partial charge in [-0.1, -0.05) is 12.1 Å². The van der Waals surface area contributed by atoms with Crippen LogP contribution in [0.15, 0.2) is 10.6 Å². The average molecular weight is 280 g/mol. The van der Waals surface area contributed by atoms with Gasteiger partial charge in [0, 0.05) is 32.2 Å². The van der Waals surface area contributed by atoms with Crippen molar-refractivity contribution in [3.63, 3.8) is 0 Å². The van der Waals surface area contributed by atoms with Gasteiger partial charge in [-0.25, -0.2) is 0 Å². The monoisotopic (exact) mass is 280 g/mol. The number of aryl methyl sites for hydroxylation is 1. The molecule has 1 aromatic heterocycles. The first-order chi connectivity index (χ1) is 9.42. The van der Waals surface area contributed by atoms with Gasteiger partial charge in [-0.05, 0) is 20.3 Å². The molecule has 1 aliphatic heterocycles. The normalized spacial score (nSPS) is 19.9. The first-order valence-electron chi connectivity index (χ1n) is 7.15. The zero-order chi connectivity index (χ0) is 14.8. The molecular formula is C14H24N4O2. The maximum Gasteiger partial charge on any atom is 0.242 e. The van der Waals surface area contributed by atoms with Gasteiger partial charge in [0.15, 0.2) is 5.76 Å². The van der Waals surface area contributed by atoms with Crippen LogP contribution in [-0.4, -0.2) is 52.6 Å². The summed E-state index contributed by atoms with van der Waals surface area (Å²) < 4.78 is 5.22. The Morgan fingerprint density at radius 1 is 1.45 bits per heavy atom. The summed E-state index contributed by atoms with van der Waals surface area (Å²) in [5.74, 6) is 0.926. The number of carbonyl (C=O) groups excluding carboxylic acids is 1. The molecule has 1 aromatic rings. The molecule has 112 valence electrons. The zero-order valence-corrected chi connectivity index (χ0v) is 12.6. The first-order valence-corrected chi connectivity index (χ1v) is 7.15. The van der Waals surface area contributed by atoms with Crippen LogP contribution in [0, 0.1) is 6.92 Å². The molecule has 2 rings (SSSR count). The van der Waals surface area contributed by atoms with Gasteiger partial charge in [0.25, 0.3) is 0 Å². The van der Waals surface area contributed by atoms with Crippen molar-refractivity contribution in [3.05, 3.63) is 17.5 Å². The molecule has 1 fully saturated rings. The fourth-order valence-electron chi connectivity index (χ4n) is 2.33. The standard InChI is InChI=1S/C14H24N4O2/c1-4-14(3,15)13(19)18-7-5-17(6-8-18)10-12-9-11(2)16-20-12/h9H,4-8,10,15H2,1-3H3. The van der Waals surface area contributed by atoms with E-state index in [2.05, 4.69) is 10.1 Å². The van der Waals surface area contributed by atoms with E-state index in [9.17, 15) is 4.79 Å². The van der Waals surface area contributed by atoms with E-state index in [0.717, 1.165) is 44.2 Å². The van der Waals surface area contributed by atoms with Crippen molar-refractivity contribution in [3.8, 4) is 0 Å². The number of carbonyl (C=O) groups is 1. The molecule has 6 heteroatoms. The molecule has 6 nitrogen and oxygen atoms in total. The van der Waals surface area contributed by atoms with Gasteiger partial charge in [-0.2, -0.15) is 0 Å². The summed E-state index contributed by atoms with van der Waals surface area (Å²) in [5.41, 5.74) is 6.18. The second-order valence-corrected chi connectivity index (χ2v) is 5.77. The predicted molar refractivity (Wildman–Crippen MR) is 76.0 cm³/mol. The van der Waals surface area contributed by atoms with Crippen molar-refractivity contribution in [1.29, 1.82) is 0 Å². The van der Waals surface area contributed by atoms with E-state index in [1.54, 1.807) is 6.92 Å². The van der Waals surface area contributed by atoms with Crippen LogP contribution in [0.2, 0.25) is 0 Å². The van der Waals surface area contributed by atoms with Gasteiger partial charge >= 0.3 is 0 Å². The number of piperazine rings is 1. The van der Waals surface area contributed by atoms with Crippen molar-refractivity contribution in [2.75, 3.05) is 26.2 Å². The highest BCUT2D eigenvalue weighted by Crippen LogP contribution is 2.14. The van der Waals surface area contributed by atoms with Crippen LogP contribution < -0.4 is 5.73 Å². The Hall–Kier alpha value is -1.40. The summed E-state index contributed by atoms with van der Waals surface area (Å²) >= 11 is 0. The fraction of sp³-hybridized carbons (Fsp3) is 0.714. The van der Waals surface area contributed by atoms with E-state index in [-0.39, 0.29) is 5.91 Å². The summed E-state index contributed by atoms with van der Waals surface area (Å²) in [7, 11) is 0. The molecule has 1 saturated heterocycles. The lowest BCUT2D eigenvalue weighted by Crippen LogP contribution is -2.57. The first kappa shape index (κ1) is 15.0. The molecule has 0 spiro atoms. The Kier molecular flexibility index (Phi) is 4.45. The molecule has 1 atom stereocenters. The summed E-state index contributed by atoms with van der Waals surface area (Å²) in [6.45, 7) is 9.53. The van der Waals surface area contributed by atoms with Crippen molar-refractivity contribution in [2.24, 2.45) is 5.73 Å². The SMILES string of the molecule is CCC(C)(N)C(=O)N1CCN(Cc2cc(C)no2)CC1. The van der Waals surface area contributed by atoms with E-state index in [1.807, 2.05) is 24.8 Å². The van der Waals surface area contributed by atoms with Gasteiger partial charge in [-0.15, -0.1) is 0 Å². The molecule has 2 heterocycles. The van der Waals surface area contributed by atoms with Crippen molar-refractivity contribution in [2.45, 2.75) is 39.3 Å². The van der Waals surface area contributed by atoms with Crippen molar-refractivity contribution < 1.29 is 9.32 Å². The van der Waals surface area contributed by atoms with Gasteiger partial charge in [0.1, 0.15) is 0 Å². The minimum Gasteiger partial charge on any atom is -0.360 e. The molecule has 0 aromatic carbocycles. The second kappa shape index (κ2) is 5.93. The Balaban J connectivity index is 1.85. The average Bonchev–Trinajstić information content (AvgIpc) is 2.84. The van der Waals surface area contributed by atoms with E-state index >= 15 is 0 Å². The van der Waals surface area contributed by atoms with Gasteiger partial charge in [-0.3, -0.25) is 9.69 Å². The number of rotatable bonds is 4. The molecule has 0 aliphatic carbocycles. The van der Waals surface area contributed by atoms with Crippen molar-refractivity contribution >= 4 is 5.91 Å². The number of aromatic nitrogens is 1. The number of nitrogens with two attached hydrogens (primary N) is 1. The fourth-order valence-corrected chi connectivity index (χ4v) is 2.33. The van der Waals surface area contributed by atoms with Crippen LogP contribution in [0.3, 0.4) is 0 Å². The third-order valence-electron chi connectivity index (χ3n) is 3.94. The van der Waals surface area contributed by atoms with Crippen LogP contribution in [-0.2, 0) is 11.3 Å². The third kappa shape index (κ3) is 3.37. The Bertz CT molecular complexity index is 461. The third-order valence-corrected chi connectivity index (χ3v) is 3.94. The molecule has 1 aliphatic rings. The highest BCUT2D eigenvalue weighted by Gasteiger charge is 2.32. The molecule has 0 saturated carbocycles. The lowest BCUT2D eigenvalue weighted by Gasteiger charge is -2.37. The topological polar surface area (TPSA) is 75.6 Å². The van der Waals surface area contributed by atoms with Crippen LogP contribution in [0.25, 0.3) is 0 Å². The summed E-state index contributed by atoms with van der Waals surface area (Å²) in [4.78, 5) is 16.4. The molecule has 20 heavy (non-hydrogen) atoms. The van der Waals surface area contributed by atoms with Crippen molar-refractivity contribution in [1.82, 2.24) is 15.0 Å². The minimum atomic E-state index is -0.746. The number of hydrogen-bond acceptors (Lipinski definition) is 5. The summed E-state index contributed by atoms with van der Waals surface area (Å²) in [5, 5.41) is 3.89. The Morgan fingerprint density at radius 2 is 2.10 bits per heavy atom. The molecular weight excluding hydrogens is 256 g/mol. The Morgan fingerprint density at radius 3 is 2.60 bits per heavy atom. The predicted octanol–water partition coefficient (Wildman–Crippen LogP) is 0.755. The second-order valence-electron chi connectivity index (χ2n) is 5.77. The van der Waals surface area contributed by atoms with Gasteiger partial charge in [0.2, 0.25) is 5.91 Å². The highest BCUT2D eigenvalue weighted by atomic mass is 16.5. The van der Waals surface area contributed by atoms with Gasteiger partial charge in [0.05, 0.1) is 17.8 Å². The summed E-state index contributed by atoms with van der Waals surface area (Å²) in [6.07, 6.45) is 0.656.